The summed E-state index contributed by atoms with van der Waals surface area (Å²) in [5.74, 6) is -0.270. The van der Waals surface area contributed by atoms with Gasteiger partial charge in [0.1, 0.15) is 5.82 Å². The summed E-state index contributed by atoms with van der Waals surface area (Å²) in [4.78, 5) is 4.83. The third-order valence-corrected chi connectivity index (χ3v) is 5.03. The number of halogens is 1. The Labute approximate surface area is 148 Å². The minimum Gasteiger partial charge on any atom is -0.387 e. The number of aromatic nitrogens is 2. The van der Waals surface area contributed by atoms with E-state index in [1.54, 1.807) is 12.1 Å². The van der Waals surface area contributed by atoms with Crippen molar-refractivity contribution in [2.24, 2.45) is 0 Å². The van der Waals surface area contributed by atoms with E-state index < -0.39 is 6.10 Å². The van der Waals surface area contributed by atoms with E-state index in [2.05, 4.69) is 21.8 Å². The maximum atomic E-state index is 13.0. The molecule has 2 heterocycles. The van der Waals surface area contributed by atoms with Gasteiger partial charge in [0.05, 0.1) is 12.6 Å². The molecule has 2 unspecified atom stereocenters. The van der Waals surface area contributed by atoms with Crippen LogP contribution in [0.25, 0.3) is 0 Å². The molecule has 0 radical (unpaired) electrons. The van der Waals surface area contributed by atoms with Gasteiger partial charge in [0.25, 0.3) is 0 Å². The van der Waals surface area contributed by atoms with Crippen molar-refractivity contribution in [3.8, 4) is 0 Å². The summed E-state index contributed by atoms with van der Waals surface area (Å²) in [6.45, 7) is 7.63. The number of β-amino-alcohol motifs (C(OH)–C–C–N with tert-alkyl or cyclic N) is 1. The molecular weight excluding hydrogens is 319 g/mol. The van der Waals surface area contributed by atoms with E-state index in [1.807, 2.05) is 23.1 Å². The van der Waals surface area contributed by atoms with Crippen LogP contribution in [0.1, 0.15) is 25.0 Å². The third-order valence-electron chi connectivity index (χ3n) is 5.03. The van der Waals surface area contributed by atoms with Crippen LogP contribution >= 0.6 is 0 Å². The number of rotatable bonds is 7. The lowest BCUT2D eigenvalue weighted by atomic mass is 10.1. The monoisotopic (exact) mass is 346 g/mol. The molecule has 1 aromatic carbocycles. The molecule has 136 valence electrons. The molecule has 0 aliphatic carbocycles. The Balaban J connectivity index is 1.52. The number of piperazine rings is 1. The maximum Gasteiger partial charge on any atom is 0.123 e. The Hall–Kier alpha value is -1.76. The fourth-order valence-electron chi connectivity index (χ4n) is 3.48. The topological polar surface area (TPSA) is 44.5 Å². The molecule has 1 N–H and O–H groups in total. The summed E-state index contributed by atoms with van der Waals surface area (Å²) < 4.78 is 15.0. The van der Waals surface area contributed by atoms with Crippen molar-refractivity contribution in [2.45, 2.75) is 32.0 Å². The van der Waals surface area contributed by atoms with Gasteiger partial charge < -0.3 is 5.11 Å². The Bertz CT molecular complexity index is 631. The molecule has 0 saturated carbocycles. The van der Waals surface area contributed by atoms with Crippen LogP contribution in [0.15, 0.2) is 42.7 Å². The van der Waals surface area contributed by atoms with Crippen LogP contribution in [0.4, 0.5) is 4.39 Å². The zero-order valence-electron chi connectivity index (χ0n) is 14.8. The molecule has 0 spiro atoms. The van der Waals surface area contributed by atoms with Gasteiger partial charge in [-0.15, -0.1) is 0 Å². The van der Waals surface area contributed by atoms with Gasteiger partial charge >= 0.3 is 0 Å². The fourth-order valence-corrected chi connectivity index (χ4v) is 3.48. The average Bonchev–Trinajstić information content (AvgIpc) is 3.15. The largest absolute Gasteiger partial charge is 0.387 e. The van der Waals surface area contributed by atoms with E-state index in [1.165, 1.54) is 12.1 Å². The third kappa shape index (κ3) is 4.87. The van der Waals surface area contributed by atoms with Crippen LogP contribution in [0.3, 0.4) is 0 Å². The molecule has 1 aliphatic rings. The summed E-state index contributed by atoms with van der Waals surface area (Å²) in [6, 6.07) is 8.53. The first-order chi connectivity index (χ1) is 12.2. The minimum absolute atomic E-state index is 0.270. The van der Waals surface area contributed by atoms with Gasteiger partial charge in [-0.2, -0.15) is 5.10 Å². The first kappa shape index (κ1) is 18.0. The first-order valence-corrected chi connectivity index (χ1v) is 9.03. The van der Waals surface area contributed by atoms with Crippen molar-refractivity contribution in [3.05, 3.63) is 54.1 Å². The van der Waals surface area contributed by atoms with Gasteiger partial charge in [-0.05, 0) is 30.2 Å². The summed E-state index contributed by atoms with van der Waals surface area (Å²) >= 11 is 0. The smallest absolute Gasteiger partial charge is 0.123 e. The van der Waals surface area contributed by atoms with Gasteiger partial charge in [-0.25, -0.2) is 4.39 Å². The van der Waals surface area contributed by atoms with Crippen LogP contribution in [0, 0.1) is 5.82 Å². The normalized spacial score (nSPS) is 20.7. The van der Waals surface area contributed by atoms with E-state index in [0.717, 1.165) is 44.7 Å². The average molecular weight is 346 g/mol. The molecule has 6 heteroatoms. The highest BCUT2D eigenvalue weighted by Gasteiger charge is 2.27. The van der Waals surface area contributed by atoms with Crippen molar-refractivity contribution < 1.29 is 9.50 Å². The van der Waals surface area contributed by atoms with Crippen molar-refractivity contribution >= 4 is 0 Å². The molecule has 2 atom stereocenters. The SMILES string of the molecule is CCC1CN(CCn2cccn2)CCN1CC(O)c1ccc(F)cc1. The maximum absolute atomic E-state index is 13.0. The first-order valence-electron chi connectivity index (χ1n) is 9.03. The van der Waals surface area contributed by atoms with E-state index in [9.17, 15) is 9.50 Å². The molecule has 1 aliphatic heterocycles. The van der Waals surface area contributed by atoms with E-state index in [4.69, 9.17) is 0 Å². The molecule has 1 fully saturated rings. The van der Waals surface area contributed by atoms with Crippen LogP contribution in [-0.2, 0) is 6.54 Å². The highest BCUT2D eigenvalue weighted by atomic mass is 19.1. The molecule has 0 bridgehead atoms. The Morgan fingerprint density at radius 3 is 2.72 bits per heavy atom. The number of benzene rings is 1. The van der Waals surface area contributed by atoms with E-state index in [0.29, 0.717) is 12.6 Å². The van der Waals surface area contributed by atoms with Gasteiger partial charge in [0.2, 0.25) is 0 Å². The van der Waals surface area contributed by atoms with Crippen LogP contribution in [0.5, 0.6) is 0 Å². The summed E-state index contributed by atoms with van der Waals surface area (Å²) in [6.07, 6.45) is 4.27. The number of hydrogen-bond acceptors (Lipinski definition) is 4. The van der Waals surface area contributed by atoms with Crippen LogP contribution in [-0.4, -0.2) is 63.5 Å². The Kier molecular flexibility index (Phi) is 6.18. The highest BCUT2D eigenvalue weighted by Crippen LogP contribution is 2.20. The van der Waals surface area contributed by atoms with Gasteiger partial charge in [-0.1, -0.05) is 19.1 Å². The zero-order chi connectivity index (χ0) is 17.6. The molecule has 5 nitrogen and oxygen atoms in total. The second kappa shape index (κ2) is 8.56. The number of aliphatic hydroxyl groups is 1. The second-order valence-electron chi connectivity index (χ2n) is 6.69. The van der Waals surface area contributed by atoms with Crippen molar-refractivity contribution in [3.63, 3.8) is 0 Å². The highest BCUT2D eigenvalue weighted by molar-refractivity contribution is 5.18. The number of hydrogen-bond donors (Lipinski definition) is 1. The van der Waals surface area contributed by atoms with Crippen LogP contribution in [0.2, 0.25) is 0 Å². The van der Waals surface area contributed by atoms with Crippen LogP contribution < -0.4 is 0 Å². The second-order valence-corrected chi connectivity index (χ2v) is 6.69. The standard InChI is InChI=1S/C19H27FN4O/c1-2-18-14-22(11-13-24-9-3-8-21-24)10-12-23(18)15-19(25)16-4-6-17(20)7-5-16/h3-9,18-19,25H,2,10-15H2,1H3. The zero-order valence-corrected chi connectivity index (χ0v) is 14.8. The lowest BCUT2D eigenvalue weighted by Crippen LogP contribution is -2.54. The molecule has 1 saturated heterocycles. The van der Waals surface area contributed by atoms with Crippen molar-refractivity contribution in [1.29, 1.82) is 0 Å². The predicted octanol–water partition coefficient (Wildman–Crippen LogP) is 2.15. The van der Waals surface area contributed by atoms with Gasteiger partial charge in [0.15, 0.2) is 0 Å². The fraction of sp³-hybridized carbons (Fsp3) is 0.526. The Morgan fingerprint density at radius 2 is 2.04 bits per heavy atom. The Morgan fingerprint density at radius 1 is 1.24 bits per heavy atom. The number of nitrogens with zero attached hydrogens (tertiary/aromatic N) is 4. The molecule has 25 heavy (non-hydrogen) atoms. The molecule has 3 rings (SSSR count). The van der Waals surface area contributed by atoms with Gasteiger partial charge in [-0.3, -0.25) is 14.5 Å². The minimum atomic E-state index is -0.578. The molecule has 0 amide bonds. The lowest BCUT2D eigenvalue weighted by Gasteiger charge is -2.42. The predicted molar refractivity (Wildman–Crippen MR) is 95.7 cm³/mol. The van der Waals surface area contributed by atoms with E-state index >= 15 is 0 Å². The van der Waals surface area contributed by atoms with E-state index in [-0.39, 0.29) is 5.82 Å². The molecule has 1 aromatic heterocycles. The summed E-state index contributed by atoms with van der Waals surface area (Å²) in [7, 11) is 0. The molecular formula is C19H27FN4O. The lowest BCUT2D eigenvalue weighted by molar-refractivity contribution is 0.0294. The summed E-state index contributed by atoms with van der Waals surface area (Å²) in [5, 5.41) is 14.7. The summed E-state index contributed by atoms with van der Waals surface area (Å²) in [5.41, 5.74) is 0.775. The number of aliphatic hydroxyl groups excluding tert-OH is 1. The molecule has 2 aromatic rings. The van der Waals surface area contributed by atoms with Crippen molar-refractivity contribution in [1.82, 2.24) is 19.6 Å². The van der Waals surface area contributed by atoms with Crippen molar-refractivity contribution in [2.75, 3.05) is 32.7 Å². The van der Waals surface area contributed by atoms with Gasteiger partial charge in [0, 0.05) is 51.2 Å². The quantitative estimate of drug-likeness (QED) is 0.834.